The minimum atomic E-state index is -0.224. The van der Waals surface area contributed by atoms with Gasteiger partial charge in [-0.25, -0.2) is 4.39 Å². The Hall–Kier alpha value is -0.570. The maximum absolute atomic E-state index is 12.7. The lowest BCUT2D eigenvalue weighted by atomic mass is 9.65. The molecule has 3 heteroatoms. The largest absolute Gasteiger partial charge is 0.490 e. The Morgan fingerprint density at radius 3 is 2.56 bits per heavy atom. The molecule has 1 saturated carbocycles. The second-order valence-electron chi connectivity index (χ2n) is 4.62. The van der Waals surface area contributed by atoms with Crippen LogP contribution in [0.4, 0.5) is 4.39 Å². The molecule has 1 aliphatic carbocycles. The summed E-state index contributed by atoms with van der Waals surface area (Å²) in [5, 5.41) is 0. The molecule has 3 atom stereocenters. The van der Waals surface area contributed by atoms with Crippen molar-refractivity contribution in [3.05, 3.63) is 30.1 Å². The summed E-state index contributed by atoms with van der Waals surface area (Å²) in [4.78, 5) is 0.524. The Labute approximate surface area is 104 Å². The van der Waals surface area contributed by atoms with Gasteiger partial charge in [-0.1, -0.05) is 29.8 Å². The number of hydrogen-bond donors (Lipinski definition) is 0. The van der Waals surface area contributed by atoms with E-state index in [2.05, 4.69) is 29.8 Å². The van der Waals surface area contributed by atoms with E-state index in [0.717, 1.165) is 18.6 Å². The van der Waals surface area contributed by atoms with Crippen molar-refractivity contribution in [2.75, 3.05) is 0 Å². The van der Waals surface area contributed by atoms with Crippen LogP contribution in [0.15, 0.2) is 24.3 Å². The van der Waals surface area contributed by atoms with E-state index in [-0.39, 0.29) is 17.3 Å². The summed E-state index contributed by atoms with van der Waals surface area (Å²) in [6.45, 7) is 4.40. The Morgan fingerprint density at radius 1 is 1.44 bits per heavy atom. The second kappa shape index (κ2) is 4.36. The Bertz CT molecular complexity index is 365. The molecule has 0 saturated heterocycles. The monoisotopic (exact) mass is 286 g/mol. The van der Waals surface area contributed by atoms with Gasteiger partial charge in [-0.05, 0) is 37.1 Å². The molecule has 0 aliphatic heterocycles. The number of rotatable bonds is 3. The summed E-state index contributed by atoms with van der Waals surface area (Å²) in [6.07, 6.45) is 2.32. The Kier molecular flexibility index (Phi) is 3.24. The zero-order valence-corrected chi connectivity index (χ0v) is 11.1. The first-order chi connectivity index (χ1) is 7.56. The quantitative estimate of drug-likeness (QED) is 0.759. The van der Waals surface area contributed by atoms with Crippen LogP contribution in [0.25, 0.3) is 0 Å². The van der Waals surface area contributed by atoms with E-state index in [1.165, 1.54) is 12.1 Å². The highest BCUT2D eigenvalue weighted by Gasteiger charge is 2.50. The predicted molar refractivity (Wildman–Crippen MR) is 66.5 cm³/mol. The van der Waals surface area contributed by atoms with Gasteiger partial charge in [-0.15, -0.1) is 0 Å². The molecule has 0 radical (unpaired) electrons. The predicted octanol–water partition coefficient (Wildman–Crippen LogP) is 4.16. The third-order valence-electron chi connectivity index (χ3n) is 3.73. The molecule has 16 heavy (non-hydrogen) atoms. The van der Waals surface area contributed by atoms with Crippen LogP contribution in [0.1, 0.15) is 26.7 Å². The first-order valence-corrected chi connectivity index (χ1v) is 6.54. The third-order valence-corrected chi connectivity index (χ3v) is 5.15. The van der Waals surface area contributed by atoms with Crippen molar-refractivity contribution in [2.45, 2.75) is 37.6 Å². The SMILES string of the molecule is CCC1(C)C(Br)CC1Oc1ccc(F)cc1. The topological polar surface area (TPSA) is 9.23 Å². The van der Waals surface area contributed by atoms with Crippen LogP contribution >= 0.6 is 15.9 Å². The lowest BCUT2D eigenvalue weighted by molar-refractivity contribution is -0.0243. The summed E-state index contributed by atoms with van der Waals surface area (Å²) < 4.78 is 18.6. The molecular weight excluding hydrogens is 271 g/mol. The van der Waals surface area contributed by atoms with Gasteiger partial charge in [0.25, 0.3) is 0 Å². The van der Waals surface area contributed by atoms with E-state index in [1.54, 1.807) is 12.1 Å². The molecule has 0 amide bonds. The highest BCUT2D eigenvalue weighted by atomic mass is 79.9. The number of ether oxygens (including phenoxy) is 1. The number of benzene rings is 1. The van der Waals surface area contributed by atoms with Gasteiger partial charge in [-0.3, -0.25) is 0 Å². The minimum Gasteiger partial charge on any atom is -0.490 e. The van der Waals surface area contributed by atoms with E-state index in [9.17, 15) is 4.39 Å². The third kappa shape index (κ3) is 1.97. The van der Waals surface area contributed by atoms with Gasteiger partial charge in [-0.2, -0.15) is 0 Å². The average molecular weight is 287 g/mol. The van der Waals surface area contributed by atoms with Gasteiger partial charge in [0, 0.05) is 10.2 Å². The highest BCUT2D eigenvalue weighted by Crippen LogP contribution is 2.50. The van der Waals surface area contributed by atoms with Crippen LogP contribution < -0.4 is 4.74 Å². The summed E-state index contributed by atoms with van der Waals surface area (Å²) in [7, 11) is 0. The molecule has 1 aliphatic rings. The van der Waals surface area contributed by atoms with Crippen molar-refractivity contribution in [3.8, 4) is 5.75 Å². The van der Waals surface area contributed by atoms with Gasteiger partial charge < -0.3 is 4.74 Å². The fraction of sp³-hybridized carbons (Fsp3) is 0.538. The lowest BCUT2D eigenvalue weighted by Gasteiger charge is -2.50. The molecule has 0 spiro atoms. The van der Waals surface area contributed by atoms with Crippen molar-refractivity contribution in [1.82, 2.24) is 0 Å². The normalized spacial score (nSPS) is 33.2. The number of alkyl halides is 1. The number of halogens is 2. The van der Waals surface area contributed by atoms with Crippen molar-refractivity contribution >= 4 is 15.9 Å². The maximum Gasteiger partial charge on any atom is 0.123 e. The van der Waals surface area contributed by atoms with Crippen molar-refractivity contribution in [1.29, 1.82) is 0 Å². The molecule has 1 nitrogen and oxygen atoms in total. The van der Waals surface area contributed by atoms with Gasteiger partial charge in [0.1, 0.15) is 17.7 Å². The summed E-state index contributed by atoms with van der Waals surface area (Å²) in [6, 6.07) is 6.24. The molecule has 88 valence electrons. The Morgan fingerprint density at radius 2 is 2.06 bits per heavy atom. The highest BCUT2D eigenvalue weighted by molar-refractivity contribution is 9.09. The zero-order chi connectivity index (χ0) is 11.8. The van der Waals surface area contributed by atoms with Crippen LogP contribution in [-0.2, 0) is 0 Å². The number of hydrogen-bond acceptors (Lipinski definition) is 1. The molecule has 0 bridgehead atoms. The van der Waals surface area contributed by atoms with E-state index in [1.807, 2.05) is 0 Å². The summed E-state index contributed by atoms with van der Waals surface area (Å²) in [5.74, 6) is 0.531. The van der Waals surface area contributed by atoms with Crippen molar-refractivity contribution in [3.63, 3.8) is 0 Å². The molecule has 0 N–H and O–H groups in total. The van der Waals surface area contributed by atoms with E-state index < -0.39 is 0 Å². The molecule has 3 unspecified atom stereocenters. The van der Waals surface area contributed by atoms with Crippen LogP contribution in [0, 0.1) is 11.2 Å². The minimum absolute atomic E-state index is 0.189. The standard InChI is InChI=1S/C13H16BrFO/c1-3-13(2)11(14)8-12(13)16-10-6-4-9(15)5-7-10/h4-7,11-12H,3,8H2,1-2H3. The smallest absolute Gasteiger partial charge is 0.123 e. The zero-order valence-electron chi connectivity index (χ0n) is 9.54. The molecule has 0 aromatic heterocycles. The van der Waals surface area contributed by atoms with Crippen LogP contribution in [0.5, 0.6) is 5.75 Å². The average Bonchev–Trinajstić information content (AvgIpc) is 2.30. The Balaban J connectivity index is 2.04. The fourth-order valence-corrected chi connectivity index (χ4v) is 3.04. The van der Waals surface area contributed by atoms with E-state index >= 15 is 0 Å². The van der Waals surface area contributed by atoms with Gasteiger partial charge in [0.2, 0.25) is 0 Å². The van der Waals surface area contributed by atoms with Gasteiger partial charge in [0.05, 0.1) is 0 Å². The van der Waals surface area contributed by atoms with Crippen LogP contribution in [0.3, 0.4) is 0 Å². The van der Waals surface area contributed by atoms with Crippen LogP contribution in [0.2, 0.25) is 0 Å². The second-order valence-corrected chi connectivity index (χ2v) is 5.73. The first-order valence-electron chi connectivity index (χ1n) is 5.62. The molecule has 2 rings (SSSR count). The van der Waals surface area contributed by atoms with E-state index in [4.69, 9.17) is 4.74 Å². The molecule has 1 aromatic rings. The first kappa shape index (κ1) is 11.9. The van der Waals surface area contributed by atoms with Gasteiger partial charge >= 0.3 is 0 Å². The fourth-order valence-electron chi connectivity index (χ4n) is 2.08. The molecular formula is C13H16BrFO. The molecule has 0 heterocycles. The molecule has 1 aromatic carbocycles. The maximum atomic E-state index is 12.7. The lowest BCUT2D eigenvalue weighted by Crippen LogP contribution is -2.54. The van der Waals surface area contributed by atoms with Crippen molar-refractivity contribution < 1.29 is 9.13 Å². The molecule has 1 fully saturated rings. The summed E-state index contributed by atoms with van der Waals surface area (Å²) in [5.41, 5.74) is 0.189. The van der Waals surface area contributed by atoms with Crippen molar-refractivity contribution in [2.24, 2.45) is 5.41 Å². The van der Waals surface area contributed by atoms with Crippen LogP contribution in [-0.4, -0.2) is 10.9 Å². The van der Waals surface area contributed by atoms with Gasteiger partial charge in [0.15, 0.2) is 0 Å². The summed E-state index contributed by atoms with van der Waals surface area (Å²) >= 11 is 3.67. The van der Waals surface area contributed by atoms with E-state index in [0.29, 0.717) is 4.83 Å².